The number of hydrogen-bond donors (Lipinski definition) is 1. The molecule has 1 saturated heterocycles. The molecular weight excluding hydrogens is 392 g/mol. The molecular formula is C24H28N4OS. The van der Waals surface area contributed by atoms with E-state index in [0.717, 1.165) is 32.7 Å². The Labute approximate surface area is 182 Å². The summed E-state index contributed by atoms with van der Waals surface area (Å²) in [7, 11) is 0. The molecule has 2 aromatic heterocycles. The predicted octanol–water partition coefficient (Wildman–Crippen LogP) is 3.82. The number of carbonyl (C=O) groups is 1. The molecule has 4 rings (SSSR count). The maximum Gasteiger partial charge on any atom is 0.251 e. The van der Waals surface area contributed by atoms with Gasteiger partial charge in [-0.15, -0.1) is 11.3 Å². The van der Waals surface area contributed by atoms with Crippen molar-refractivity contribution in [2.75, 3.05) is 26.2 Å². The van der Waals surface area contributed by atoms with E-state index in [9.17, 15) is 4.79 Å². The Hall–Kier alpha value is -2.54. The molecule has 0 aliphatic carbocycles. The maximum absolute atomic E-state index is 12.7. The normalized spacial score (nSPS) is 17.4. The van der Waals surface area contributed by atoms with Crippen molar-refractivity contribution in [2.45, 2.75) is 25.6 Å². The van der Waals surface area contributed by atoms with E-state index in [1.807, 2.05) is 0 Å². The van der Waals surface area contributed by atoms with Crippen LogP contribution in [0.3, 0.4) is 0 Å². The minimum absolute atomic E-state index is 0.00462. The van der Waals surface area contributed by atoms with Crippen LogP contribution in [0.4, 0.5) is 0 Å². The third kappa shape index (κ3) is 5.14. The number of aromatic nitrogens is 1. The molecule has 0 spiro atoms. The summed E-state index contributed by atoms with van der Waals surface area (Å²) in [6.45, 7) is 7.14. The molecule has 156 valence electrons. The molecule has 5 nitrogen and oxygen atoms in total. The first-order chi connectivity index (χ1) is 14.7. The van der Waals surface area contributed by atoms with Crippen molar-refractivity contribution in [3.8, 4) is 0 Å². The largest absolute Gasteiger partial charge is 0.348 e. The Morgan fingerprint density at radius 1 is 1.03 bits per heavy atom. The number of carbonyl (C=O) groups excluding carboxylic acids is 1. The van der Waals surface area contributed by atoms with Crippen LogP contribution in [0.5, 0.6) is 0 Å². The van der Waals surface area contributed by atoms with E-state index >= 15 is 0 Å². The minimum atomic E-state index is -0.0471. The number of nitrogens with one attached hydrogen (secondary N) is 1. The summed E-state index contributed by atoms with van der Waals surface area (Å²) in [5, 5.41) is 5.33. The second-order valence-corrected chi connectivity index (χ2v) is 8.74. The first-order valence-electron chi connectivity index (χ1n) is 10.5. The SMILES string of the molecule is C[C@@H](NC(=O)c1ccncc1)[C@H](c1cccs1)N1CCN(Cc2ccccc2)CC1. The van der Waals surface area contributed by atoms with Gasteiger partial charge in [0.15, 0.2) is 0 Å². The number of thiophene rings is 1. The van der Waals surface area contributed by atoms with Gasteiger partial charge >= 0.3 is 0 Å². The molecule has 1 aliphatic heterocycles. The lowest BCUT2D eigenvalue weighted by atomic mass is 10.0. The maximum atomic E-state index is 12.7. The number of hydrogen-bond acceptors (Lipinski definition) is 5. The molecule has 1 N–H and O–H groups in total. The molecule has 0 bridgehead atoms. The number of piperazine rings is 1. The van der Waals surface area contributed by atoms with Crippen molar-refractivity contribution in [2.24, 2.45) is 0 Å². The van der Waals surface area contributed by atoms with Gasteiger partial charge in [0.25, 0.3) is 5.91 Å². The molecule has 6 heteroatoms. The summed E-state index contributed by atoms with van der Waals surface area (Å²) in [6, 6.07) is 18.6. The summed E-state index contributed by atoms with van der Waals surface area (Å²) in [5.41, 5.74) is 2.01. The van der Waals surface area contributed by atoms with Crippen LogP contribution in [-0.2, 0) is 6.54 Å². The molecule has 0 radical (unpaired) electrons. The lowest BCUT2D eigenvalue weighted by molar-refractivity contribution is 0.0714. The van der Waals surface area contributed by atoms with Gasteiger partial charge in [0.2, 0.25) is 0 Å². The highest BCUT2D eigenvalue weighted by Crippen LogP contribution is 2.29. The van der Waals surface area contributed by atoms with Crippen molar-refractivity contribution in [1.82, 2.24) is 20.1 Å². The zero-order valence-electron chi connectivity index (χ0n) is 17.3. The van der Waals surface area contributed by atoms with E-state index in [2.05, 4.69) is 74.9 Å². The molecule has 1 fully saturated rings. The Balaban J connectivity index is 1.41. The zero-order valence-corrected chi connectivity index (χ0v) is 18.1. The fourth-order valence-electron chi connectivity index (χ4n) is 4.12. The smallest absolute Gasteiger partial charge is 0.251 e. The van der Waals surface area contributed by atoms with Crippen LogP contribution in [-0.4, -0.2) is 52.9 Å². The van der Waals surface area contributed by atoms with E-state index in [0.29, 0.717) is 5.56 Å². The molecule has 3 heterocycles. The number of benzene rings is 1. The fourth-order valence-corrected chi connectivity index (χ4v) is 5.08. The molecule has 0 saturated carbocycles. The average Bonchev–Trinajstić information content (AvgIpc) is 3.31. The van der Waals surface area contributed by atoms with Gasteiger partial charge in [-0.3, -0.25) is 19.6 Å². The third-order valence-corrected chi connectivity index (χ3v) is 6.60. The molecule has 1 amide bonds. The van der Waals surface area contributed by atoms with Crippen molar-refractivity contribution in [1.29, 1.82) is 0 Å². The lowest BCUT2D eigenvalue weighted by Gasteiger charge is -2.41. The monoisotopic (exact) mass is 420 g/mol. The predicted molar refractivity (Wildman–Crippen MR) is 122 cm³/mol. The minimum Gasteiger partial charge on any atom is -0.348 e. The Kier molecular flexibility index (Phi) is 6.89. The van der Waals surface area contributed by atoms with E-state index in [-0.39, 0.29) is 18.0 Å². The third-order valence-electron chi connectivity index (χ3n) is 5.66. The lowest BCUT2D eigenvalue weighted by Crippen LogP contribution is -2.52. The van der Waals surface area contributed by atoms with Crippen molar-refractivity contribution < 1.29 is 4.79 Å². The highest BCUT2D eigenvalue weighted by atomic mass is 32.1. The quantitative estimate of drug-likeness (QED) is 0.631. The average molecular weight is 421 g/mol. The molecule has 30 heavy (non-hydrogen) atoms. The Morgan fingerprint density at radius 3 is 2.43 bits per heavy atom. The number of rotatable bonds is 7. The van der Waals surface area contributed by atoms with Crippen molar-refractivity contribution >= 4 is 17.2 Å². The van der Waals surface area contributed by atoms with Gasteiger partial charge in [0.05, 0.1) is 6.04 Å². The van der Waals surface area contributed by atoms with E-state index < -0.39 is 0 Å². The Morgan fingerprint density at radius 2 is 1.77 bits per heavy atom. The van der Waals surface area contributed by atoms with Crippen molar-refractivity contribution in [3.63, 3.8) is 0 Å². The number of nitrogens with zero attached hydrogens (tertiary/aromatic N) is 3. The molecule has 3 aromatic rings. The van der Waals surface area contributed by atoms with Gasteiger partial charge in [-0.25, -0.2) is 0 Å². The number of pyridine rings is 1. The second kappa shape index (κ2) is 9.98. The topological polar surface area (TPSA) is 48.5 Å². The van der Waals surface area contributed by atoms with E-state index in [1.165, 1.54) is 10.4 Å². The highest BCUT2D eigenvalue weighted by molar-refractivity contribution is 7.10. The summed E-state index contributed by atoms with van der Waals surface area (Å²) in [4.78, 5) is 23.0. The van der Waals surface area contributed by atoms with Crippen LogP contribution in [0.1, 0.15) is 33.8 Å². The van der Waals surface area contributed by atoms with Crippen LogP contribution in [0.25, 0.3) is 0 Å². The number of amides is 1. The Bertz CT molecular complexity index is 909. The van der Waals surface area contributed by atoms with Crippen LogP contribution in [0, 0.1) is 0 Å². The summed E-state index contributed by atoms with van der Waals surface area (Å²) < 4.78 is 0. The molecule has 1 aromatic carbocycles. The fraction of sp³-hybridized carbons (Fsp3) is 0.333. The highest BCUT2D eigenvalue weighted by Gasteiger charge is 2.31. The summed E-state index contributed by atoms with van der Waals surface area (Å²) >= 11 is 1.76. The molecule has 2 atom stereocenters. The second-order valence-electron chi connectivity index (χ2n) is 7.76. The van der Waals surface area contributed by atoms with Crippen LogP contribution in [0.15, 0.2) is 72.4 Å². The van der Waals surface area contributed by atoms with Gasteiger partial charge in [-0.05, 0) is 36.1 Å². The van der Waals surface area contributed by atoms with E-state index in [4.69, 9.17) is 0 Å². The standard InChI is InChI=1S/C24H28N4OS/c1-19(26-24(29)21-9-11-25-12-10-21)23(22-8-5-17-30-22)28-15-13-27(14-16-28)18-20-6-3-2-4-7-20/h2-12,17,19,23H,13-16,18H2,1H3,(H,26,29)/t19-,23-/m1/s1. The van der Waals surface area contributed by atoms with Crippen LogP contribution >= 0.6 is 11.3 Å². The van der Waals surface area contributed by atoms with Gasteiger partial charge in [-0.1, -0.05) is 36.4 Å². The van der Waals surface area contributed by atoms with Crippen molar-refractivity contribution in [3.05, 3.63) is 88.4 Å². The zero-order chi connectivity index (χ0) is 20.8. The van der Waals surface area contributed by atoms with Gasteiger partial charge < -0.3 is 5.32 Å². The summed E-state index contributed by atoms with van der Waals surface area (Å²) in [6.07, 6.45) is 3.31. The van der Waals surface area contributed by atoms with Crippen LogP contribution in [0.2, 0.25) is 0 Å². The van der Waals surface area contributed by atoms with Gasteiger partial charge in [0, 0.05) is 61.6 Å². The van der Waals surface area contributed by atoms with Gasteiger partial charge in [-0.2, -0.15) is 0 Å². The van der Waals surface area contributed by atoms with Gasteiger partial charge in [0.1, 0.15) is 0 Å². The van der Waals surface area contributed by atoms with Crippen LogP contribution < -0.4 is 5.32 Å². The van der Waals surface area contributed by atoms with E-state index in [1.54, 1.807) is 35.9 Å². The first-order valence-corrected chi connectivity index (χ1v) is 11.3. The molecule has 0 unspecified atom stereocenters. The first kappa shape index (κ1) is 20.7. The summed E-state index contributed by atoms with van der Waals surface area (Å²) in [5.74, 6) is -0.0471. The molecule has 1 aliphatic rings.